The Hall–Kier alpha value is -1.18. The third kappa shape index (κ3) is 3.51. The smallest absolute Gasteiger partial charge is 0.299 e. The summed E-state index contributed by atoms with van der Waals surface area (Å²) in [6, 6.07) is 4.97. The number of aryl methyl sites for hydroxylation is 1. The normalized spacial score (nSPS) is 17.4. The number of aromatic nitrogens is 1. The van der Waals surface area contributed by atoms with Gasteiger partial charge in [-0.1, -0.05) is 37.0 Å². The van der Waals surface area contributed by atoms with E-state index in [9.17, 15) is 13.2 Å². The lowest BCUT2D eigenvalue weighted by Gasteiger charge is -2.16. The van der Waals surface area contributed by atoms with Crippen LogP contribution in [0.25, 0.3) is 10.2 Å². The molecule has 1 aromatic heterocycles. The Kier molecular flexibility index (Phi) is 4.89. The molecule has 0 spiro atoms. The van der Waals surface area contributed by atoms with Gasteiger partial charge in [-0.25, -0.2) is 13.1 Å². The van der Waals surface area contributed by atoms with Crippen LogP contribution in [-0.4, -0.2) is 19.0 Å². The first-order valence-corrected chi connectivity index (χ1v) is 10.5. The van der Waals surface area contributed by atoms with Gasteiger partial charge in [0.2, 0.25) is 10.0 Å². The van der Waals surface area contributed by atoms with E-state index in [1.54, 1.807) is 22.8 Å². The molecular formula is C16H22N2O3S2. The fraction of sp³-hybridized carbons (Fsp3) is 0.562. The summed E-state index contributed by atoms with van der Waals surface area (Å²) in [4.78, 5) is 12.1. The van der Waals surface area contributed by atoms with Crippen LogP contribution in [0.1, 0.15) is 45.4 Å². The lowest BCUT2D eigenvalue weighted by atomic mass is 10.1. The molecule has 2 aromatic rings. The molecule has 0 unspecified atom stereocenters. The fourth-order valence-corrected chi connectivity index (χ4v) is 5.60. The minimum atomic E-state index is -3.53. The van der Waals surface area contributed by atoms with Crippen molar-refractivity contribution in [2.45, 2.75) is 62.9 Å². The van der Waals surface area contributed by atoms with Crippen molar-refractivity contribution in [2.75, 3.05) is 0 Å². The Bertz CT molecular complexity index is 844. The molecule has 23 heavy (non-hydrogen) atoms. The molecule has 1 aliphatic rings. The molecule has 1 N–H and O–H groups in total. The lowest BCUT2D eigenvalue weighted by molar-refractivity contribution is 0.510. The quantitative estimate of drug-likeness (QED) is 0.858. The molecule has 0 aliphatic heterocycles. The van der Waals surface area contributed by atoms with E-state index in [-0.39, 0.29) is 15.8 Å². The highest BCUT2D eigenvalue weighted by molar-refractivity contribution is 7.89. The Morgan fingerprint density at radius 1 is 1.22 bits per heavy atom. The molecule has 1 fully saturated rings. The van der Waals surface area contributed by atoms with Crippen LogP contribution in [0.4, 0.5) is 0 Å². The minimum Gasteiger partial charge on any atom is -0.299 e. The summed E-state index contributed by atoms with van der Waals surface area (Å²) >= 11 is 1.10. The van der Waals surface area contributed by atoms with Gasteiger partial charge in [-0.2, -0.15) is 0 Å². The predicted molar refractivity (Wildman–Crippen MR) is 93.6 cm³/mol. The molecule has 1 heterocycles. The Morgan fingerprint density at radius 3 is 2.57 bits per heavy atom. The van der Waals surface area contributed by atoms with Crippen molar-refractivity contribution in [1.82, 2.24) is 9.29 Å². The van der Waals surface area contributed by atoms with Gasteiger partial charge in [0.1, 0.15) is 0 Å². The highest BCUT2D eigenvalue weighted by Gasteiger charge is 2.22. The highest BCUT2D eigenvalue weighted by Crippen LogP contribution is 2.23. The first-order valence-electron chi connectivity index (χ1n) is 8.17. The topological polar surface area (TPSA) is 68.2 Å². The molecule has 0 amide bonds. The third-order valence-electron chi connectivity index (χ3n) is 4.44. The standard InChI is InChI=1S/C16H22N2O3S2/c1-2-18-14-10-9-13(11-15(14)22-16(18)19)23(20,21)17-12-7-5-3-4-6-8-12/h9-12,17H,2-8H2,1H3. The van der Waals surface area contributed by atoms with Crippen LogP contribution in [-0.2, 0) is 16.6 Å². The van der Waals surface area contributed by atoms with Gasteiger partial charge in [0.05, 0.1) is 15.1 Å². The molecule has 126 valence electrons. The Morgan fingerprint density at radius 2 is 1.91 bits per heavy atom. The average Bonchev–Trinajstić information content (AvgIpc) is 2.66. The van der Waals surface area contributed by atoms with Crippen LogP contribution in [0.2, 0.25) is 0 Å². The van der Waals surface area contributed by atoms with E-state index >= 15 is 0 Å². The van der Waals surface area contributed by atoms with E-state index in [0.29, 0.717) is 6.54 Å². The van der Waals surface area contributed by atoms with Gasteiger partial charge in [0.15, 0.2) is 0 Å². The van der Waals surface area contributed by atoms with Crippen LogP contribution in [0.5, 0.6) is 0 Å². The Labute approximate surface area is 140 Å². The molecule has 5 nitrogen and oxygen atoms in total. The molecule has 1 aliphatic carbocycles. The second-order valence-electron chi connectivity index (χ2n) is 6.05. The van der Waals surface area contributed by atoms with E-state index in [0.717, 1.165) is 47.2 Å². The number of rotatable bonds is 4. The molecule has 1 aromatic carbocycles. The zero-order valence-electron chi connectivity index (χ0n) is 13.2. The number of benzene rings is 1. The summed E-state index contributed by atoms with van der Waals surface area (Å²) in [5.74, 6) is 0. The molecule has 7 heteroatoms. The maximum Gasteiger partial charge on any atom is 0.308 e. The van der Waals surface area contributed by atoms with E-state index in [1.165, 1.54) is 12.8 Å². The zero-order valence-corrected chi connectivity index (χ0v) is 14.9. The van der Waals surface area contributed by atoms with E-state index in [2.05, 4.69) is 4.72 Å². The van der Waals surface area contributed by atoms with Gasteiger partial charge < -0.3 is 0 Å². The number of thiazole rings is 1. The van der Waals surface area contributed by atoms with E-state index in [1.807, 2.05) is 6.92 Å². The van der Waals surface area contributed by atoms with Gasteiger partial charge in [0, 0.05) is 12.6 Å². The van der Waals surface area contributed by atoms with Crippen molar-refractivity contribution < 1.29 is 8.42 Å². The summed E-state index contributed by atoms with van der Waals surface area (Å²) in [6.45, 7) is 2.50. The second kappa shape index (κ2) is 6.75. The molecule has 0 atom stereocenters. The molecule has 0 bridgehead atoms. The molecular weight excluding hydrogens is 332 g/mol. The fourth-order valence-electron chi connectivity index (χ4n) is 3.20. The first-order chi connectivity index (χ1) is 11.0. The molecule has 0 radical (unpaired) electrons. The minimum absolute atomic E-state index is 0.0252. The van der Waals surface area contributed by atoms with Crippen LogP contribution >= 0.6 is 11.3 Å². The maximum absolute atomic E-state index is 12.6. The van der Waals surface area contributed by atoms with Crippen molar-refractivity contribution in [3.05, 3.63) is 27.9 Å². The van der Waals surface area contributed by atoms with Crippen LogP contribution in [0.3, 0.4) is 0 Å². The highest BCUT2D eigenvalue weighted by atomic mass is 32.2. The van der Waals surface area contributed by atoms with Gasteiger partial charge in [-0.05, 0) is 38.0 Å². The Balaban J connectivity index is 1.90. The number of hydrogen-bond acceptors (Lipinski definition) is 4. The average molecular weight is 354 g/mol. The first kappa shape index (κ1) is 16.7. The summed E-state index contributed by atoms with van der Waals surface area (Å²) in [6.07, 6.45) is 6.33. The number of nitrogens with zero attached hydrogens (tertiary/aromatic N) is 1. The number of fused-ring (bicyclic) bond motifs is 1. The van der Waals surface area contributed by atoms with Crippen molar-refractivity contribution in [3.8, 4) is 0 Å². The summed E-state index contributed by atoms with van der Waals surface area (Å²) in [5, 5.41) is 0. The van der Waals surface area contributed by atoms with E-state index < -0.39 is 10.0 Å². The third-order valence-corrected chi connectivity index (χ3v) is 6.90. The zero-order chi connectivity index (χ0) is 16.4. The number of sulfonamides is 1. The van der Waals surface area contributed by atoms with Crippen molar-refractivity contribution in [1.29, 1.82) is 0 Å². The van der Waals surface area contributed by atoms with E-state index in [4.69, 9.17) is 0 Å². The van der Waals surface area contributed by atoms with Crippen LogP contribution < -0.4 is 9.60 Å². The van der Waals surface area contributed by atoms with Crippen molar-refractivity contribution in [2.24, 2.45) is 0 Å². The van der Waals surface area contributed by atoms with Gasteiger partial charge in [-0.15, -0.1) is 0 Å². The molecule has 3 rings (SSSR count). The lowest BCUT2D eigenvalue weighted by Crippen LogP contribution is -2.34. The SMILES string of the molecule is CCn1c(=O)sc2cc(S(=O)(=O)NC3CCCCCC3)ccc21. The van der Waals surface area contributed by atoms with Crippen molar-refractivity contribution in [3.63, 3.8) is 0 Å². The van der Waals surface area contributed by atoms with Gasteiger partial charge >= 0.3 is 4.87 Å². The van der Waals surface area contributed by atoms with Crippen LogP contribution in [0, 0.1) is 0 Å². The van der Waals surface area contributed by atoms with Gasteiger partial charge in [0.25, 0.3) is 0 Å². The molecule has 0 saturated heterocycles. The number of hydrogen-bond donors (Lipinski definition) is 1. The summed E-state index contributed by atoms with van der Waals surface area (Å²) in [5.41, 5.74) is 0.802. The van der Waals surface area contributed by atoms with Crippen LogP contribution in [0.15, 0.2) is 27.9 Å². The summed E-state index contributed by atoms with van der Waals surface area (Å²) in [7, 11) is -3.53. The largest absolute Gasteiger partial charge is 0.308 e. The second-order valence-corrected chi connectivity index (χ2v) is 8.76. The monoisotopic (exact) mass is 354 g/mol. The van der Waals surface area contributed by atoms with Crippen molar-refractivity contribution >= 4 is 31.6 Å². The molecule has 1 saturated carbocycles. The number of nitrogens with one attached hydrogen (secondary N) is 1. The summed E-state index contributed by atoms with van der Waals surface area (Å²) < 4.78 is 30.5. The maximum atomic E-state index is 12.6. The van der Waals surface area contributed by atoms with Gasteiger partial charge in [-0.3, -0.25) is 9.36 Å². The predicted octanol–water partition coefficient (Wildman–Crippen LogP) is 3.08.